The molecule has 3 N–H and O–H groups in total. The van der Waals surface area contributed by atoms with E-state index in [1.807, 2.05) is 0 Å². The van der Waals surface area contributed by atoms with Gasteiger partial charge in [0.2, 0.25) is 0 Å². The van der Waals surface area contributed by atoms with E-state index >= 15 is 0 Å². The smallest absolute Gasteiger partial charge is 0.328 e. The molecule has 3 amide bonds. The molecule has 0 radical (unpaired) electrons. The first kappa shape index (κ1) is 20.5. The van der Waals surface area contributed by atoms with Crippen molar-refractivity contribution in [1.82, 2.24) is 9.99 Å². The highest BCUT2D eigenvalue weighted by Gasteiger charge is 2.27. The van der Waals surface area contributed by atoms with E-state index in [4.69, 9.17) is 34.8 Å². The number of carbonyl (C=O) groups excluding carboxylic acids is 3. The van der Waals surface area contributed by atoms with Crippen molar-refractivity contribution in [3.05, 3.63) is 63.2 Å². The number of benzene rings is 2. The number of carbonyl (C=O) groups is 3. The Morgan fingerprint density at radius 2 is 1.60 bits per heavy atom. The van der Waals surface area contributed by atoms with Crippen molar-refractivity contribution in [2.45, 2.75) is 18.9 Å². The standard InChI is InChI=1S/C20H15Cl3N4O3/c21-11-2-6-16-10(7-11)8-17(18(28)25-15-5-1-12(22)9-14(15)23)27(16)26-20(30)19(29)24-13-3-4-13/h1-2,5-9,13H,3-4H2,(H,24,29)(H,25,28)(H,26,30). The predicted molar refractivity (Wildman–Crippen MR) is 117 cm³/mol. The average molecular weight is 466 g/mol. The number of aromatic nitrogens is 1. The summed E-state index contributed by atoms with van der Waals surface area (Å²) in [5, 5.41) is 7.05. The molecule has 1 aliphatic carbocycles. The molecule has 7 nitrogen and oxygen atoms in total. The molecule has 154 valence electrons. The molecule has 3 aromatic rings. The number of hydrogen-bond acceptors (Lipinski definition) is 3. The van der Waals surface area contributed by atoms with Crippen molar-refractivity contribution in [2.24, 2.45) is 0 Å². The third kappa shape index (κ3) is 4.38. The van der Waals surface area contributed by atoms with Crippen LogP contribution in [0.15, 0.2) is 42.5 Å². The molecule has 4 rings (SSSR count). The number of hydrogen-bond donors (Lipinski definition) is 3. The van der Waals surface area contributed by atoms with Crippen LogP contribution in [0.5, 0.6) is 0 Å². The number of anilines is 1. The summed E-state index contributed by atoms with van der Waals surface area (Å²) in [5.41, 5.74) is 3.42. The first-order valence-corrected chi connectivity index (χ1v) is 10.1. The Morgan fingerprint density at radius 1 is 0.900 bits per heavy atom. The summed E-state index contributed by atoms with van der Waals surface area (Å²) in [6, 6.07) is 11.1. The molecule has 0 atom stereocenters. The third-order valence-electron chi connectivity index (χ3n) is 4.51. The molecule has 0 bridgehead atoms. The number of nitrogens with zero attached hydrogens (tertiary/aromatic N) is 1. The second-order valence-electron chi connectivity index (χ2n) is 6.84. The molecule has 30 heavy (non-hydrogen) atoms. The fraction of sp³-hybridized carbons (Fsp3) is 0.150. The zero-order chi connectivity index (χ0) is 21.4. The summed E-state index contributed by atoms with van der Waals surface area (Å²) in [6.07, 6.45) is 1.69. The monoisotopic (exact) mass is 464 g/mol. The maximum absolute atomic E-state index is 13.0. The van der Waals surface area contributed by atoms with Gasteiger partial charge in [-0.05, 0) is 55.3 Å². The predicted octanol–water partition coefficient (Wildman–Crippen LogP) is 4.20. The third-order valence-corrected chi connectivity index (χ3v) is 5.29. The first-order chi connectivity index (χ1) is 14.3. The summed E-state index contributed by atoms with van der Waals surface area (Å²) in [6.45, 7) is 0. The lowest BCUT2D eigenvalue weighted by molar-refractivity contribution is -0.136. The number of amides is 3. The van der Waals surface area contributed by atoms with Gasteiger partial charge in [0.05, 0.1) is 16.2 Å². The van der Waals surface area contributed by atoms with Crippen LogP contribution >= 0.6 is 34.8 Å². The van der Waals surface area contributed by atoms with Gasteiger partial charge in [0.15, 0.2) is 0 Å². The minimum atomic E-state index is -0.882. The number of rotatable bonds is 4. The minimum absolute atomic E-state index is 0.0262. The molecule has 0 saturated heterocycles. The van der Waals surface area contributed by atoms with E-state index in [0.29, 0.717) is 26.6 Å². The number of fused-ring (bicyclic) bond motifs is 1. The lowest BCUT2D eigenvalue weighted by Gasteiger charge is -2.13. The molecule has 1 fully saturated rings. The van der Waals surface area contributed by atoms with Crippen LogP contribution in [0.3, 0.4) is 0 Å². The van der Waals surface area contributed by atoms with Gasteiger partial charge in [0.1, 0.15) is 5.69 Å². The van der Waals surface area contributed by atoms with Gasteiger partial charge in [-0.2, -0.15) is 0 Å². The molecule has 1 heterocycles. The van der Waals surface area contributed by atoms with E-state index in [0.717, 1.165) is 12.8 Å². The van der Waals surface area contributed by atoms with Gasteiger partial charge >= 0.3 is 11.8 Å². The van der Waals surface area contributed by atoms with Crippen molar-refractivity contribution < 1.29 is 14.4 Å². The molecule has 0 unspecified atom stereocenters. The van der Waals surface area contributed by atoms with Crippen molar-refractivity contribution in [3.8, 4) is 0 Å². The number of halogens is 3. The van der Waals surface area contributed by atoms with E-state index in [-0.39, 0.29) is 16.8 Å². The zero-order valence-electron chi connectivity index (χ0n) is 15.3. The van der Waals surface area contributed by atoms with Crippen LogP contribution in [0.4, 0.5) is 5.69 Å². The van der Waals surface area contributed by atoms with Gasteiger partial charge < -0.3 is 10.6 Å². The Morgan fingerprint density at radius 3 is 2.30 bits per heavy atom. The fourth-order valence-corrected chi connectivity index (χ4v) is 3.52. The molecule has 1 saturated carbocycles. The van der Waals surface area contributed by atoms with E-state index < -0.39 is 17.7 Å². The van der Waals surface area contributed by atoms with E-state index in [2.05, 4.69) is 16.1 Å². The average Bonchev–Trinajstić information content (AvgIpc) is 3.44. The van der Waals surface area contributed by atoms with Crippen LogP contribution in [0, 0.1) is 0 Å². The van der Waals surface area contributed by atoms with Crippen LogP contribution in [-0.4, -0.2) is 28.4 Å². The van der Waals surface area contributed by atoms with Gasteiger partial charge in [-0.15, -0.1) is 0 Å². The molecular formula is C20H15Cl3N4O3. The second kappa shape index (κ2) is 8.18. The molecular weight excluding hydrogens is 451 g/mol. The summed E-state index contributed by atoms with van der Waals surface area (Å²) >= 11 is 18.1. The number of nitrogens with one attached hydrogen (secondary N) is 3. The quantitative estimate of drug-likeness (QED) is 0.504. The summed E-state index contributed by atoms with van der Waals surface area (Å²) in [5.74, 6) is -2.19. The molecule has 10 heteroatoms. The molecule has 0 spiro atoms. The molecule has 0 aliphatic heterocycles. The van der Waals surface area contributed by atoms with Crippen LogP contribution in [-0.2, 0) is 9.59 Å². The maximum Gasteiger partial charge on any atom is 0.328 e. The summed E-state index contributed by atoms with van der Waals surface area (Å²) in [7, 11) is 0. The Bertz CT molecular complexity index is 1190. The van der Waals surface area contributed by atoms with Crippen LogP contribution in [0.1, 0.15) is 23.3 Å². The van der Waals surface area contributed by atoms with Gasteiger partial charge in [0, 0.05) is 21.5 Å². The SMILES string of the molecule is O=C(NC1CC1)C(=O)Nn1c(C(=O)Nc2ccc(Cl)cc2Cl)cc2cc(Cl)ccc21. The van der Waals surface area contributed by atoms with Crippen LogP contribution in [0.25, 0.3) is 10.9 Å². The highest BCUT2D eigenvalue weighted by Crippen LogP contribution is 2.27. The zero-order valence-corrected chi connectivity index (χ0v) is 17.6. The Kier molecular flexibility index (Phi) is 5.60. The van der Waals surface area contributed by atoms with E-state index in [1.54, 1.807) is 36.4 Å². The molecule has 1 aliphatic rings. The molecule has 1 aromatic heterocycles. The van der Waals surface area contributed by atoms with Gasteiger partial charge in [-0.1, -0.05) is 34.8 Å². The van der Waals surface area contributed by atoms with Gasteiger partial charge in [-0.3, -0.25) is 19.8 Å². The van der Waals surface area contributed by atoms with Gasteiger partial charge in [0.25, 0.3) is 5.91 Å². The van der Waals surface area contributed by atoms with Crippen molar-refractivity contribution in [1.29, 1.82) is 0 Å². The summed E-state index contributed by atoms with van der Waals surface area (Å²) < 4.78 is 1.25. The van der Waals surface area contributed by atoms with Crippen molar-refractivity contribution >= 4 is 69.1 Å². The normalized spacial score (nSPS) is 13.2. The molecule has 2 aromatic carbocycles. The van der Waals surface area contributed by atoms with E-state index in [1.165, 1.54) is 10.7 Å². The van der Waals surface area contributed by atoms with Crippen molar-refractivity contribution in [2.75, 3.05) is 10.7 Å². The van der Waals surface area contributed by atoms with Crippen molar-refractivity contribution in [3.63, 3.8) is 0 Å². The largest absolute Gasteiger partial charge is 0.345 e. The minimum Gasteiger partial charge on any atom is -0.345 e. The highest BCUT2D eigenvalue weighted by molar-refractivity contribution is 6.39. The van der Waals surface area contributed by atoms with E-state index in [9.17, 15) is 14.4 Å². The second-order valence-corrected chi connectivity index (χ2v) is 8.12. The highest BCUT2D eigenvalue weighted by atomic mass is 35.5. The lowest BCUT2D eigenvalue weighted by Crippen LogP contribution is -2.40. The lowest BCUT2D eigenvalue weighted by atomic mass is 10.2. The maximum atomic E-state index is 13.0. The van der Waals surface area contributed by atoms with Gasteiger partial charge in [-0.25, -0.2) is 4.68 Å². The van der Waals surface area contributed by atoms with Crippen LogP contribution < -0.4 is 16.1 Å². The first-order valence-electron chi connectivity index (χ1n) is 9.01. The van der Waals surface area contributed by atoms with Crippen LogP contribution in [0.2, 0.25) is 15.1 Å². The summed E-state index contributed by atoms with van der Waals surface area (Å²) in [4.78, 5) is 37.4. The topological polar surface area (TPSA) is 92.2 Å². The Labute approximate surface area is 186 Å². The Hall–Kier alpha value is -2.74. The Balaban J connectivity index is 1.67. The fourth-order valence-electron chi connectivity index (χ4n) is 2.88.